The van der Waals surface area contributed by atoms with Crippen molar-refractivity contribution in [3.63, 3.8) is 0 Å². The van der Waals surface area contributed by atoms with Gasteiger partial charge in [0.05, 0.1) is 15.0 Å². The number of fused-ring (bicyclic) bond motifs is 2. The van der Waals surface area contributed by atoms with Crippen LogP contribution < -0.4 is 9.47 Å². The van der Waals surface area contributed by atoms with Crippen LogP contribution in [0.25, 0.3) is 6.08 Å². The molecule has 0 fully saturated rings. The van der Waals surface area contributed by atoms with E-state index in [0.717, 1.165) is 11.3 Å². The molecule has 12 heteroatoms. The summed E-state index contributed by atoms with van der Waals surface area (Å²) in [5.74, 6) is -1.56. The molecule has 10 nitrogen and oxygen atoms in total. The van der Waals surface area contributed by atoms with E-state index >= 15 is 0 Å². The van der Waals surface area contributed by atoms with Crippen molar-refractivity contribution in [1.82, 2.24) is 0 Å². The van der Waals surface area contributed by atoms with Crippen molar-refractivity contribution in [2.45, 2.75) is 62.2 Å². The predicted octanol–water partition coefficient (Wildman–Crippen LogP) is 4.05. The van der Waals surface area contributed by atoms with Crippen molar-refractivity contribution in [2.75, 3.05) is 17.2 Å². The van der Waals surface area contributed by atoms with Crippen LogP contribution in [-0.2, 0) is 42.9 Å². The highest BCUT2D eigenvalue weighted by Crippen LogP contribution is 2.51. The van der Waals surface area contributed by atoms with E-state index in [9.17, 15) is 35.8 Å². The normalized spacial score (nSPS) is 20.5. The van der Waals surface area contributed by atoms with Crippen molar-refractivity contribution < 1.29 is 40.4 Å². The number of hydrogen-bond acceptors (Lipinski definition) is 8. The fourth-order valence-corrected chi connectivity index (χ4v) is 7.11. The van der Waals surface area contributed by atoms with Crippen LogP contribution in [0.2, 0.25) is 0 Å². The molecule has 4 rings (SSSR count). The number of aliphatic carboxylic acids is 1. The lowest BCUT2D eigenvalue weighted by Gasteiger charge is -2.30. The Morgan fingerprint density at radius 1 is 1.02 bits per heavy atom. The van der Waals surface area contributed by atoms with Gasteiger partial charge in [-0.1, -0.05) is 38.2 Å². The van der Waals surface area contributed by atoms with Gasteiger partial charge in [-0.15, -0.1) is 0 Å². The molecule has 2 heterocycles. The Hall–Kier alpha value is -3.58. The van der Waals surface area contributed by atoms with Crippen molar-refractivity contribution in [3.8, 4) is 0 Å². The summed E-state index contributed by atoms with van der Waals surface area (Å²) in [6.07, 6.45) is 14.1. The van der Waals surface area contributed by atoms with E-state index in [0.29, 0.717) is 23.4 Å². The Kier molecular flexibility index (Phi) is 9.41. The topological polar surface area (TPSA) is 159 Å². The van der Waals surface area contributed by atoms with E-state index in [2.05, 4.69) is 30.6 Å². The molecule has 1 aliphatic heterocycles. The number of aryl methyl sites for hydroxylation is 1. The molecule has 1 unspecified atom stereocenters. The van der Waals surface area contributed by atoms with Gasteiger partial charge in [-0.3, -0.25) is 4.79 Å². The van der Waals surface area contributed by atoms with Crippen LogP contribution in [0.3, 0.4) is 0 Å². The molecule has 0 amide bonds. The zero-order valence-electron chi connectivity index (χ0n) is 25.2. The molecule has 2 aromatic rings. The number of nitrogens with zero attached hydrogens (tertiary/aromatic N) is 2. The zero-order valence-corrected chi connectivity index (χ0v) is 26.8. The lowest BCUT2D eigenvalue weighted by Crippen LogP contribution is -2.32. The lowest BCUT2D eigenvalue weighted by molar-refractivity contribution is -0.673. The summed E-state index contributed by atoms with van der Waals surface area (Å²) >= 11 is 0. The molecule has 0 spiro atoms. The molecule has 236 valence electrons. The van der Waals surface area contributed by atoms with Gasteiger partial charge in [0, 0.05) is 58.6 Å². The quantitative estimate of drug-likeness (QED) is 0.205. The summed E-state index contributed by atoms with van der Waals surface area (Å²) in [5.41, 5.74) is 4.16. The van der Waals surface area contributed by atoms with Crippen LogP contribution in [0, 0.1) is 0 Å². The second-order valence-corrected chi connectivity index (χ2v) is 14.8. The first kappa shape index (κ1) is 33.3. The van der Waals surface area contributed by atoms with Crippen molar-refractivity contribution in [1.29, 1.82) is 0 Å². The Labute approximate surface area is 259 Å². The number of hydrogen-bond donors (Lipinski definition) is 1. The molecule has 0 saturated carbocycles. The fourth-order valence-electron chi connectivity index (χ4n) is 6.13. The van der Waals surface area contributed by atoms with Crippen molar-refractivity contribution in [3.05, 3.63) is 95.0 Å². The van der Waals surface area contributed by atoms with E-state index in [-0.39, 0.29) is 31.2 Å². The molecule has 2 aliphatic rings. The number of carbonyl (C=O) groups is 1. The third-order valence-corrected chi connectivity index (χ3v) is 10.1. The molecule has 1 atom stereocenters. The van der Waals surface area contributed by atoms with Crippen LogP contribution in [-0.4, -0.2) is 49.3 Å². The molecule has 1 N–H and O–H groups in total. The average molecular weight is 642 g/mol. The van der Waals surface area contributed by atoms with Gasteiger partial charge in [0.25, 0.3) is 0 Å². The Morgan fingerprint density at radius 2 is 1.75 bits per heavy atom. The number of pyridine rings is 1. The summed E-state index contributed by atoms with van der Waals surface area (Å²) in [6.45, 7) is 6.31. The number of rotatable bonds is 12. The third-order valence-electron chi connectivity index (χ3n) is 8.51. The minimum Gasteiger partial charge on any atom is -0.748 e. The first-order valence-corrected chi connectivity index (χ1v) is 17.2. The highest BCUT2D eigenvalue weighted by molar-refractivity contribution is 7.86. The van der Waals surface area contributed by atoms with Crippen LogP contribution in [0.1, 0.15) is 63.3 Å². The number of carboxylic acid groups (broad SMARTS) is 1. The largest absolute Gasteiger partial charge is 0.748 e. The van der Waals surface area contributed by atoms with E-state index in [1.807, 2.05) is 61.5 Å². The smallest absolute Gasteiger partial charge is 0.303 e. The van der Waals surface area contributed by atoms with Crippen LogP contribution in [0.4, 0.5) is 5.69 Å². The first-order valence-electron chi connectivity index (χ1n) is 14.3. The molecule has 0 saturated heterocycles. The van der Waals surface area contributed by atoms with Gasteiger partial charge in [0.15, 0.2) is 6.20 Å². The van der Waals surface area contributed by atoms with E-state index < -0.39 is 42.3 Å². The molecular formula is C32H37N2O8S2-. The molecule has 44 heavy (non-hydrogen) atoms. The van der Waals surface area contributed by atoms with Gasteiger partial charge in [0.1, 0.15) is 17.2 Å². The minimum absolute atomic E-state index is 0.0142. The zero-order chi connectivity index (χ0) is 32.5. The number of anilines is 1. The van der Waals surface area contributed by atoms with E-state index in [1.54, 1.807) is 0 Å². The summed E-state index contributed by atoms with van der Waals surface area (Å²) in [5, 5.41) is 9.27. The van der Waals surface area contributed by atoms with Gasteiger partial charge in [0.2, 0.25) is 5.69 Å². The predicted molar refractivity (Wildman–Crippen MR) is 165 cm³/mol. The summed E-state index contributed by atoms with van der Waals surface area (Å²) in [7, 11) is -7.24. The van der Waals surface area contributed by atoms with Crippen molar-refractivity contribution >= 4 is 38.0 Å². The molecule has 1 aliphatic carbocycles. The number of aromatic nitrogens is 1. The Balaban J connectivity index is 1.72. The van der Waals surface area contributed by atoms with Crippen molar-refractivity contribution in [2.24, 2.45) is 7.05 Å². The summed E-state index contributed by atoms with van der Waals surface area (Å²) < 4.78 is 71.8. The highest BCUT2D eigenvalue weighted by atomic mass is 32.2. The fraction of sp³-hybridized carbons (Fsp3) is 0.375. The monoisotopic (exact) mass is 641 g/mol. The van der Waals surface area contributed by atoms with Gasteiger partial charge < -0.3 is 19.1 Å². The number of benzene rings is 1. The van der Waals surface area contributed by atoms with Gasteiger partial charge in [-0.05, 0) is 67.7 Å². The second kappa shape index (κ2) is 12.4. The van der Waals surface area contributed by atoms with Gasteiger partial charge >= 0.3 is 5.97 Å². The maximum Gasteiger partial charge on any atom is 0.303 e. The maximum absolute atomic E-state index is 11.9. The van der Waals surface area contributed by atoms with Gasteiger partial charge in [-0.2, -0.15) is 0 Å². The van der Waals surface area contributed by atoms with Gasteiger partial charge in [-0.25, -0.2) is 21.4 Å². The summed E-state index contributed by atoms with van der Waals surface area (Å²) in [6, 6.07) is 8.15. The third kappa shape index (κ3) is 7.04. The second-order valence-electron chi connectivity index (χ2n) is 11.9. The summed E-state index contributed by atoms with van der Waals surface area (Å²) in [4.78, 5) is 12.7. The van der Waals surface area contributed by atoms with E-state index in [4.69, 9.17) is 0 Å². The maximum atomic E-state index is 11.9. The molecule has 0 radical (unpaired) electrons. The average Bonchev–Trinajstić information content (AvgIpc) is 3.30. The van der Waals surface area contributed by atoms with Crippen LogP contribution >= 0.6 is 0 Å². The highest BCUT2D eigenvalue weighted by Gasteiger charge is 2.43. The standard InChI is InChI=1S/C32H38N2O8S2/c1-31(2)23(21-28-25(31)12-9-18-33(28)4)11-6-5-7-13-29-32(3,17-8-14-30(35)36)26-22-24(44(40,41)42)15-16-27(26)34(29)19-10-20-43(37,38)39/h5-7,9,11-13,15-16,18,21-22H,8,10,14,17,19-20H2,1-4H3,(H2-,35,36,37,38,39,40,41,42)/p-1. The first-order chi connectivity index (χ1) is 20.4. The molecule has 1 aromatic heterocycles. The van der Waals surface area contributed by atoms with Crippen LogP contribution in [0.5, 0.6) is 0 Å². The lowest BCUT2D eigenvalue weighted by atomic mass is 9.77. The molecule has 0 bridgehead atoms. The van der Waals surface area contributed by atoms with E-state index in [1.165, 1.54) is 23.8 Å². The number of allylic oxidation sites excluding steroid dienone is 7. The molecule has 1 aromatic carbocycles. The van der Waals surface area contributed by atoms with Crippen LogP contribution in [0.15, 0.2) is 83.1 Å². The molecular weight excluding hydrogens is 604 g/mol. The minimum atomic E-state index is -4.78. The Bertz CT molecular complexity index is 1800. The Morgan fingerprint density at radius 3 is 2.39 bits per heavy atom. The number of carboxylic acids is 1. The SMILES string of the molecule is C[n+]1cccc2c1C=C(/C=C/C=C/C=C1\N(CCCS(=O)(=O)[O-])c3ccc(S(=O)(=O)[O-])cc3C1(C)CCCC(=O)O)C2(C)C.